The van der Waals surface area contributed by atoms with Crippen molar-refractivity contribution in [1.82, 2.24) is 4.98 Å². The molecule has 0 bridgehead atoms. The molecule has 1 N–H and O–H groups in total. The van der Waals surface area contributed by atoms with E-state index in [2.05, 4.69) is 20.9 Å². The fourth-order valence-corrected chi connectivity index (χ4v) is 2.09. The number of carboxylic acid groups (broad SMARTS) is 1. The van der Waals surface area contributed by atoms with E-state index < -0.39 is 6.09 Å². The van der Waals surface area contributed by atoms with E-state index in [0.717, 1.165) is 20.9 Å². The maximum Gasteiger partial charge on any atom is 0.411 e. The number of rotatable bonds is 1. The van der Waals surface area contributed by atoms with Gasteiger partial charge in [0.05, 0.1) is 17.4 Å². The first kappa shape index (κ1) is 11.9. The third-order valence-corrected chi connectivity index (χ3v) is 3.21. The molecule has 1 aromatic heterocycles. The maximum atomic E-state index is 10.9. The van der Waals surface area contributed by atoms with Crippen molar-refractivity contribution in [2.24, 2.45) is 0 Å². The van der Waals surface area contributed by atoms with Gasteiger partial charge in [0, 0.05) is 16.9 Å². The molecule has 0 aliphatic carbocycles. The standard InChI is InChI=1S/C12H11BrN2O2/c1-7-9-5-8(13)3-4-10(9)14-6-11(7)15(2)12(16)17/h3-6H,1-2H3,(H,16,17). The zero-order valence-electron chi connectivity index (χ0n) is 9.44. The van der Waals surface area contributed by atoms with Crippen molar-refractivity contribution in [3.63, 3.8) is 0 Å². The van der Waals surface area contributed by atoms with Crippen LogP contribution in [0.3, 0.4) is 0 Å². The molecular weight excluding hydrogens is 284 g/mol. The Bertz CT molecular complexity index is 598. The first-order valence-corrected chi connectivity index (χ1v) is 5.81. The Kier molecular flexibility index (Phi) is 3.02. The summed E-state index contributed by atoms with van der Waals surface area (Å²) < 4.78 is 0.949. The van der Waals surface area contributed by atoms with Crippen LogP contribution in [0.15, 0.2) is 28.9 Å². The number of anilines is 1. The van der Waals surface area contributed by atoms with E-state index in [1.54, 1.807) is 6.20 Å². The van der Waals surface area contributed by atoms with Gasteiger partial charge in [-0.25, -0.2) is 4.79 Å². The van der Waals surface area contributed by atoms with Crippen molar-refractivity contribution < 1.29 is 9.90 Å². The predicted molar refractivity (Wildman–Crippen MR) is 70.6 cm³/mol. The number of pyridine rings is 1. The third kappa shape index (κ3) is 2.10. The van der Waals surface area contributed by atoms with Gasteiger partial charge < -0.3 is 5.11 Å². The van der Waals surface area contributed by atoms with E-state index in [1.807, 2.05) is 25.1 Å². The maximum absolute atomic E-state index is 10.9. The van der Waals surface area contributed by atoms with Crippen LogP contribution in [-0.2, 0) is 0 Å². The van der Waals surface area contributed by atoms with Gasteiger partial charge in [0.1, 0.15) is 0 Å². The van der Waals surface area contributed by atoms with Gasteiger partial charge in [0.25, 0.3) is 0 Å². The summed E-state index contributed by atoms with van der Waals surface area (Å²) in [5.74, 6) is 0. The number of amides is 1. The number of hydrogen-bond donors (Lipinski definition) is 1. The summed E-state index contributed by atoms with van der Waals surface area (Å²) in [4.78, 5) is 16.4. The molecule has 0 spiro atoms. The number of halogens is 1. The molecule has 0 fully saturated rings. The van der Waals surface area contributed by atoms with Gasteiger partial charge in [-0.1, -0.05) is 15.9 Å². The molecule has 1 amide bonds. The fourth-order valence-electron chi connectivity index (χ4n) is 1.73. The van der Waals surface area contributed by atoms with Crippen molar-refractivity contribution in [2.45, 2.75) is 6.92 Å². The Morgan fingerprint density at radius 3 is 2.82 bits per heavy atom. The Hall–Kier alpha value is -1.62. The quantitative estimate of drug-likeness (QED) is 0.877. The summed E-state index contributed by atoms with van der Waals surface area (Å²) in [6.45, 7) is 1.89. The van der Waals surface area contributed by atoms with Crippen LogP contribution in [0.2, 0.25) is 0 Å². The Balaban J connectivity index is 2.68. The summed E-state index contributed by atoms with van der Waals surface area (Å²) in [6.07, 6.45) is 0.587. The van der Waals surface area contributed by atoms with Crippen molar-refractivity contribution in [2.75, 3.05) is 11.9 Å². The van der Waals surface area contributed by atoms with Gasteiger partial charge >= 0.3 is 6.09 Å². The predicted octanol–water partition coefficient (Wildman–Crippen LogP) is 3.42. The van der Waals surface area contributed by atoms with Crippen molar-refractivity contribution in [3.05, 3.63) is 34.4 Å². The lowest BCUT2D eigenvalue weighted by atomic mass is 10.1. The summed E-state index contributed by atoms with van der Waals surface area (Å²) >= 11 is 3.40. The van der Waals surface area contributed by atoms with E-state index in [-0.39, 0.29) is 0 Å². The first-order chi connectivity index (χ1) is 8.00. The minimum atomic E-state index is -0.996. The van der Waals surface area contributed by atoms with Crippen LogP contribution in [0.5, 0.6) is 0 Å². The number of aromatic nitrogens is 1. The van der Waals surface area contributed by atoms with E-state index in [4.69, 9.17) is 5.11 Å². The number of carbonyl (C=O) groups is 1. The lowest BCUT2D eigenvalue weighted by molar-refractivity contribution is 0.203. The van der Waals surface area contributed by atoms with Gasteiger partial charge in [-0.05, 0) is 30.7 Å². The van der Waals surface area contributed by atoms with Crippen LogP contribution in [0.1, 0.15) is 5.56 Å². The van der Waals surface area contributed by atoms with E-state index >= 15 is 0 Å². The number of benzene rings is 1. The molecule has 0 aliphatic rings. The van der Waals surface area contributed by atoms with E-state index in [1.165, 1.54) is 11.9 Å². The fraction of sp³-hybridized carbons (Fsp3) is 0.167. The monoisotopic (exact) mass is 294 g/mol. The smallest absolute Gasteiger partial charge is 0.411 e. The average molecular weight is 295 g/mol. The van der Waals surface area contributed by atoms with E-state index in [0.29, 0.717) is 5.69 Å². The minimum Gasteiger partial charge on any atom is -0.465 e. The highest BCUT2D eigenvalue weighted by molar-refractivity contribution is 9.10. The zero-order valence-corrected chi connectivity index (χ0v) is 11.0. The van der Waals surface area contributed by atoms with Crippen LogP contribution in [0.4, 0.5) is 10.5 Å². The molecule has 2 rings (SSSR count). The SMILES string of the molecule is Cc1c(N(C)C(=O)O)cnc2ccc(Br)cc12. The Morgan fingerprint density at radius 1 is 1.47 bits per heavy atom. The van der Waals surface area contributed by atoms with Crippen LogP contribution < -0.4 is 4.90 Å². The van der Waals surface area contributed by atoms with Crippen LogP contribution in [-0.4, -0.2) is 23.2 Å². The molecule has 4 nitrogen and oxygen atoms in total. The lowest BCUT2D eigenvalue weighted by Crippen LogP contribution is -2.24. The van der Waals surface area contributed by atoms with E-state index in [9.17, 15) is 4.79 Å². The number of aryl methyl sites for hydroxylation is 1. The van der Waals surface area contributed by atoms with Gasteiger partial charge in [0.15, 0.2) is 0 Å². The Labute approximate surface area is 107 Å². The lowest BCUT2D eigenvalue weighted by Gasteiger charge is -2.16. The second kappa shape index (κ2) is 4.33. The normalized spacial score (nSPS) is 10.5. The molecule has 0 saturated carbocycles. The second-order valence-electron chi connectivity index (χ2n) is 3.77. The van der Waals surface area contributed by atoms with Crippen molar-refractivity contribution in [1.29, 1.82) is 0 Å². The van der Waals surface area contributed by atoms with Gasteiger partial charge in [-0.15, -0.1) is 0 Å². The molecule has 2 aromatic rings. The highest BCUT2D eigenvalue weighted by Gasteiger charge is 2.13. The van der Waals surface area contributed by atoms with Gasteiger partial charge in [0.2, 0.25) is 0 Å². The summed E-state index contributed by atoms with van der Waals surface area (Å²) in [5, 5.41) is 9.92. The van der Waals surface area contributed by atoms with Gasteiger partial charge in [-0.2, -0.15) is 0 Å². The molecule has 0 saturated heterocycles. The molecule has 17 heavy (non-hydrogen) atoms. The minimum absolute atomic E-state index is 0.600. The topological polar surface area (TPSA) is 53.4 Å². The van der Waals surface area contributed by atoms with Gasteiger partial charge in [-0.3, -0.25) is 9.88 Å². The van der Waals surface area contributed by atoms with Crippen LogP contribution in [0.25, 0.3) is 10.9 Å². The van der Waals surface area contributed by atoms with Crippen LogP contribution >= 0.6 is 15.9 Å². The number of nitrogens with zero attached hydrogens (tertiary/aromatic N) is 2. The third-order valence-electron chi connectivity index (χ3n) is 2.72. The molecule has 1 aromatic carbocycles. The van der Waals surface area contributed by atoms with Crippen LogP contribution in [0, 0.1) is 6.92 Å². The molecule has 1 heterocycles. The molecule has 0 unspecified atom stereocenters. The largest absolute Gasteiger partial charge is 0.465 e. The molecule has 0 atom stereocenters. The molecular formula is C12H11BrN2O2. The van der Waals surface area contributed by atoms with Crippen molar-refractivity contribution in [3.8, 4) is 0 Å². The van der Waals surface area contributed by atoms with Crippen molar-refractivity contribution >= 4 is 38.6 Å². The summed E-state index contributed by atoms with van der Waals surface area (Å²) in [5.41, 5.74) is 2.36. The Morgan fingerprint density at radius 2 is 2.18 bits per heavy atom. The summed E-state index contributed by atoms with van der Waals surface area (Å²) in [6, 6.07) is 5.75. The highest BCUT2D eigenvalue weighted by Crippen LogP contribution is 2.27. The molecule has 0 radical (unpaired) electrons. The zero-order chi connectivity index (χ0) is 12.6. The first-order valence-electron chi connectivity index (χ1n) is 5.02. The number of hydrogen-bond acceptors (Lipinski definition) is 2. The number of fused-ring (bicyclic) bond motifs is 1. The molecule has 5 heteroatoms. The summed E-state index contributed by atoms with van der Waals surface area (Å²) in [7, 11) is 1.51. The highest BCUT2D eigenvalue weighted by atomic mass is 79.9. The second-order valence-corrected chi connectivity index (χ2v) is 4.69. The molecule has 0 aliphatic heterocycles. The average Bonchev–Trinajstić information content (AvgIpc) is 2.29. The molecule has 88 valence electrons.